The molecular formula is C17H20N2O. The predicted octanol–water partition coefficient (Wildman–Crippen LogP) is 5.31. The summed E-state index contributed by atoms with van der Waals surface area (Å²) in [7, 11) is 0. The molecule has 0 amide bonds. The molecule has 0 aliphatic carbocycles. The number of aryl methyl sites for hydroxylation is 1. The summed E-state index contributed by atoms with van der Waals surface area (Å²) in [4.78, 5) is 0. The van der Waals surface area contributed by atoms with Gasteiger partial charge in [0.2, 0.25) is 0 Å². The van der Waals surface area contributed by atoms with Gasteiger partial charge >= 0.3 is 0 Å². The lowest BCUT2D eigenvalue weighted by Crippen LogP contribution is -1.93. The van der Waals surface area contributed by atoms with Crippen LogP contribution in [-0.2, 0) is 6.42 Å². The van der Waals surface area contributed by atoms with E-state index in [1.54, 1.807) is 6.07 Å². The van der Waals surface area contributed by atoms with E-state index in [-0.39, 0.29) is 5.75 Å². The Morgan fingerprint density at radius 3 is 2.35 bits per heavy atom. The average Bonchev–Trinajstić information content (AvgIpc) is 2.40. The summed E-state index contributed by atoms with van der Waals surface area (Å²) in [6, 6.07) is 13.3. The van der Waals surface area contributed by atoms with Crippen molar-refractivity contribution < 1.29 is 5.11 Å². The van der Waals surface area contributed by atoms with Gasteiger partial charge in [0.05, 0.1) is 5.69 Å². The first-order valence-electron chi connectivity index (χ1n) is 6.85. The maximum atomic E-state index is 9.84. The predicted molar refractivity (Wildman–Crippen MR) is 82.0 cm³/mol. The summed E-state index contributed by atoms with van der Waals surface area (Å²) in [5.41, 5.74) is 3.65. The van der Waals surface area contributed by atoms with Gasteiger partial charge in [-0.15, -0.1) is 5.11 Å². The highest BCUT2D eigenvalue weighted by Crippen LogP contribution is 2.29. The summed E-state index contributed by atoms with van der Waals surface area (Å²) in [6.45, 7) is 6.36. The first-order chi connectivity index (χ1) is 9.54. The molecule has 0 saturated heterocycles. The van der Waals surface area contributed by atoms with Gasteiger partial charge in [-0.1, -0.05) is 37.6 Å². The molecule has 0 aliphatic rings. The number of hydrogen-bond donors (Lipinski definition) is 1. The van der Waals surface area contributed by atoms with E-state index in [1.807, 2.05) is 43.3 Å². The quantitative estimate of drug-likeness (QED) is 0.750. The molecule has 3 heteroatoms. The molecule has 0 radical (unpaired) electrons. The molecule has 0 fully saturated rings. The molecule has 0 heterocycles. The lowest BCUT2D eigenvalue weighted by atomic mass is 10.0. The number of hydrogen-bond acceptors (Lipinski definition) is 3. The molecule has 2 aromatic rings. The SMILES string of the molecule is Cc1ccc(/N=N/c2cc(CC(C)C)ccc2O)cc1. The Bertz CT molecular complexity index is 601. The molecule has 0 aliphatic heterocycles. The first kappa shape index (κ1) is 14.3. The second kappa shape index (κ2) is 6.33. The van der Waals surface area contributed by atoms with Gasteiger partial charge in [0, 0.05) is 0 Å². The summed E-state index contributed by atoms with van der Waals surface area (Å²) in [5.74, 6) is 0.731. The third kappa shape index (κ3) is 3.92. The fourth-order valence-corrected chi connectivity index (χ4v) is 1.97. The highest BCUT2D eigenvalue weighted by Gasteiger charge is 2.04. The van der Waals surface area contributed by atoms with Gasteiger partial charge in [0.25, 0.3) is 0 Å². The molecule has 0 aromatic heterocycles. The number of benzene rings is 2. The van der Waals surface area contributed by atoms with Crippen LogP contribution in [0.1, 0.15) is 25.0 Å². The van der Waals surface area contributed by atoms with Crippen LogP contribution in [0.15, 0.2) is 52.7 Å². The largest absolute Gasteiger partial charge is 0.506 e. The van der Waals surface area contributed by atoms with Crippen molar-refractivity contribution in [3.8, 4) is 5.75 Å². The Labute approximate surface area is 120 Å². The van der Waals surface area contributed by atoms with E-state index >= 15 is 0 Å². The second-order valence-electron chi connectivity index (χ2n) is 5.46. The maximum absolute atomic E-state index is 9.84. The molecule has 20 heavy (non-hydrogen) atoms. The van der Waals surface area contributed by atoms with Gasteiger partial charge in [0.1, 0.15) is 11.4 Å². The number of azo groups is 1. The van der Waals surface area contributed by atoms with Gasteiger partial charge in [-0.05, 0) is 49.1 Å². The van der Waals surface area contributed by atoms with Crippen molar-refractivity contribution >= 4 is 11.4 Å². The summed E-state index contributed by atoms with van der Waals surface area (Å²) < 4.78 is 0. The van der Waals surface area contributed by atoms with Gasteiger partial charge in [-0.3, -0.25) is 0 Å². The molecule has 0 atom stereocenters. The summed E-state index contributed by atoms with van der Waals surface area (Å²) in [5, 5.41) is 18.1. The molecule has 1 N–H and O–H groups in total. The summed E-state index contributed by atoms with van der Waals surface area (Å²) in [6.07, 6.45) is 0.966. The topological polar surface area (TPSA) is 45.0 Å². The number of aromatic hydroxyl groups is 1. The van der Waals surface area contributed by atoms with E-state index in [0.717, 1.165) is 17.7 Å². The standard InChI is InChI=1S/C17H20N2O/c1-12(2)10-14-6-9-17(20)16(11-14)19-18-15-7-4-13(3)5-8-15/h4-9,11-12,20H,10H2,1-3H3/b19-18+. The first-order valence-corrected chi connectivity index (χ1v) is 6.85. The molecule has 2 rings (SSSR count). The number of rotatable bonds is 4. The zero-order valence-electron chi connectivity index (χ0n) is 12.2. The van der Waals surface area contributed by atoms with Crippen molar-refractivity contribution in [2.24, 2.45) is 16.1 Å². The molecule has 2 aromatic carbocycles. The van der Waals surface area contributed by atoms with Crippen LogP contribution in [-0.4, -0.2) is 5.11 Å². The summed E-state index contributed by atoms with van der Waals surface area (Å²) >= 11 is 0. The molecule has 0 unspecified atom stereocenters. The smallest absolute Gasteiger partial charge is 0.143 e. The number of phenolic OH excluding ortho intramolecular Hbond substituents is 1. The zero-order valence-corrected chi connectivity index (χ0v) is 12.2. The molecule has 104 valence electrons. The van der Waals surface area contributed by atoms with Gasteiger partial charge in [-0.25, -0.2) is 0 Å². The van der Waals surface area contributed by atoms with E-state index in [0.29, 0.717) is 11.6 Å². The Morgan fingerprint density at radius 2 is 1.70 bits per heavy atom. The minimum absolute atomic E-state index is 0.161. The molecule has 0 bridgehead atoms. The highest BCUT2D eigenvalue weighted by atomic mass is 16.3. The third-order valence-electron chi connectivity index (χ3n) is 2.99. The van der Waals surface area contributed by atoms with Crippen molar-refractivity contribution in [2.45, 2.75) is 27.2 Å². The van der Waals surface area contributed by atoms with Crippen LogP contribution in [0.5, 0.6) is 5.75 Å². The van der Waals surface area contributed by atoms with Crippen LogP contribution in [0, 0.1) is 12.8 Å². The van der Waals surface area contributed by atoms with E-state index in [4.69, 9.17) is 0 Å². The maximum Gasteiger partial charge on any atom is 0.143 e. The zero-order chi connectivity index (χ0) is 14.5. The Hall–Kier alpha value is -2.16. The van der Waals surface area contributed by atoms with Crippen LogP contribution in [0.25, 0.3) is 0 Å². The van der Waals surface area contributed by atoms with Gasteiger partial charge < -0.3 is 5.11 Å². The van der Waals surface area contributed by atoms with Crippen molar-refractivity contribution in [3.05, 3.63) is 53.6 Å². The number of nitrogens with zero attached hydrogens (tertiary/aromatic N) is 2. The van der Waals surface area contributed by atoms with E-state index in [9.17, 15) is 5.11 Å². The van der Waals surface area contributed by atoms with Crippen molar-refractivity contribution in [2.75, 3.05) is 0 Å². The van der Waals surface area contributed by atoms with Crippen molar-refractivity contribution in [1.29, 1.82) is 0 Å². The van der Waals surface area contributed by atoms with Crippen LogP contribution < -0.4 is 0 Å². The third-order valence-corrected chi connectivity index (χ3v) is 2.99. The van der Waals surface area contributed by atoms with Crippen LogP contribution in [0.4, 0.5) is 11.4 Å². The van der Waals surface area contributed by atoms with Crippen molar-refractivity contribution in [3.63, 3.8) is 0 Å². The highest BCUT2D eigenvalue weighted by molar-refractivity contribution is 5.53. The van der Waals surface area contributed by atoms with Crippen LogP contribution in [0.3, 0.4) is 0 Å². The Kier molecular flexibility index (Phi) is 4.51. The lowest BCUT2D eigenvalue weighted by Gasteiger charge is -2.06. The minimum Gasteiger partial charge on any atom is -0.506 e. The van der Waals surface area contributed by atoms with Crippen LogP contribution in [0.2, 0.25) is 0 Å². The fourth-order valence-electron chi connectivity index (χ4n) is 1.97. The monoisotopic (exact) mass is 268 g/mol. The van der Waals surface area contributed by atoms with Gasteiger partial charge in [0.15, 0.2) is 0 Å². The van der Waals surface area contributed by atoms with Crippen molar-refractivity contribution in [1.82, 2.24) is 0 Å². The minimum atomic E-state index is 0.161. The normalized spacial score (nSPS) is 11.4. The average molecular weight is 268 g/mol. The molecule has 0 spiro atoms. The molecule has 0 saturated carbocycles. The number of phenols is 1. The Morgan fingerprint density at radius 1 is 1.00 bits per heavy atom. The van der Waals surface area contributed by atoms with Crippen LogP contribution >= 0.6 is 0 Å². The Balaban J connectivity index is 2.21. The van der Waals surface area contributed by atoms with E-state index < -0.39 is 0 Å². The van der Waals surface area contributed by atoms with Gasteiger partial charge in [-0.2, -0.15) is 5.11 Å². The molecule has 3 nitrogen and oxygen atoms in total. The second-order valence-corrected chi connectivity index (χ2v) is 5.46. The van der Waals surface area contributed by atoms with E-state index in [2.05, 4.69) is 24.1 Å². The lowest BCUT2D eigenvalue weighted by molar-refractivity contribution is 0.476. The fraction of sp³-hybridized carbons (Fsp3) is 0.294. The molecular weight excluding hydrogens is 248 g/mol. The van der Waals surface area contributed by atoms with E-state index in [1.165, 1.54) is 5.56 Å².